The van der Waals surface area contributed by atoms with Gasteiger partial charge in [0.1, 0.15) is 6.04 Å². The van der Waals surface area contributed by atoms with Gasteiger partial charge in [-0.05, 0) is 39.3 Å². The Hall–Kier alpha value is -0.610. The van der Waals surface area contributed by atoms with Crippen LogP contribution in [-0.2, 0) is 9.53 Å². The lowest BCUT2D eigenvalue weighted by molar-refractivity contribution is -0.146. The number of esters is 1. The zero-order chi connectivity index (χ0) is 10.6. The molecule has 2 unspecified atom stereocenters. The van der Waals surface area contributed by atoms with Gasteiger partial charge in [-0.3, -0.25) is 9.69 Å². The second-order valence-electron chi connectivity index (χ2n) is 3.85. The summed E-state index contributed by atoms with van der Waals surface area (Å²) in [6.45, 7) is 3.78. The Morgan fingerprint density at radius 2 is 2.43 bits per heavy atom. The first-order chi connectivity index (χ1) is 6.70. The molecule has 0 aromatic heterocycles. The van der Waals surface area contributed by atoms with E-state index < -0.39 is 0 Å². The van der Waals surface area contributed by atoms with Crippen molar-refractivity contribution in [2.45, 2.75) is 38.3 Å². The van der Waals surface area contributed by atoms with Gasteiger partial charge in [-0.25, -0.2) is 0 Å². The largest absolute Gasteiger partial charge is 0.468 e. The maximum Gasteiger partial charge on any atom is 0.323 e. The van der Waals surface area contributed by atoms with Gasteiger partial charge in [-0.15, -0.1) is 0 Å². The number of likely N-dealkylation sites (tertiary alicyclic amines) is 1. The third kappa shape index (κ3) is 2.45. The molecule has 1 rings (SSSR count). The van der Waals surface area contributed by atoms with Crippen LogP contribution in [0.4, 0.5) is 0 Å². The van der Waals surface area contributed by atoms with Crippen LogP contribution in [0, 0.1) is 0 Å². The van der Waals surface area contributed by atoms with E-state index in [-0.39, 0.29) is 12.0 Å². The van der Waals surface area contributed by atoms with Crippen molar-refractivity contribution in [1.82, 2.24) is 4.90 Å². The summed E-state index contributed by atoms with van der Waals surface area (Å²) in [5.74, 6) is -0.105. The molecule has 0 amide bonds. The molecule has 0 aromatic rings. The number of carbonyl (C=O) groups excluding carboxylic acids is 1. The van der Waals surface area contributed by atoms with E-state index in [2.05, 4.69) is 11.8 Å². The van der Waals surface area contributed by atoms with Crippen LogP contribution in [0.2, 0.25) is 0 Å². The molecule has 0 bridgehead atoms. The average Bonchev–Trinajstić information content (AvgIpc) is 2.65. The summed E-state index contributed by atoms with van der Waals surface area (Å²) < 4.78 is 4.78. The molecule has 1 saturated heterocycles. The summed E-state index contributed by atoms with van der Waals surface area (Å²) >= 11 is 0. The quantitative estimate of drug-likeness (QED) is 0.666. The Labute approximate surface area is 85.4 Å². The average molecular weight is 200 g/mol. The molecule has 82 valence electrons. The lowest BCUT2D eigenvalue weighted by atomic mass is 10.1. The van der Waals surface area contributed by atoms with E-state index in [1.807, 2.05) is 0 Å². The molecule has 4 heteroatoms. The van der Waals surface area contributed by atoms with Crippen molar-refractivity contribution >= 4 is 5.97 Å². The number of carbonyl (C=O) groups is 1. The molecule has 0 spiro atoms. The minimum atomic E-state index is -0.105. The number of nitrogens with two attached hydrogens (primary N) is 1. The maximum absolute atomic E-state index is 11.4. The Kier molecular flexibility index (Phi) is 4.35. The second kappa shape index (κ2) is 5.32. The summed E-state index contributed by atoms with van der Waals surface area (Å²) in [5, 5.41) is 0. The topological polar surface area (TPSA) is 55.6 Å². The highest BCUT2D eigenvalue weighted by Crippen LogP contribution is 2.22. The number of hydrogen-bond donors (Lipinski definition) is 1. The summed E-state index contributed by atoms with van der Waals surface area (Å²) in [7, 11) is 1.45. The van der Waals surface area contributed by atoms with Gasteiger partial charge in [0.2, 0.25) is 0 Å². The van der Waals surface area contributed by atoms with Crippen LogP contribution in [0.3, 0.4) is 0 Å². The SMILES string of the molecule is COC(=O)C1CCCN1C(C)CCN. The van der Waals surface area contributed by atoms with Crippen molar-refractivity contribution in [3.05, 3.63) is 0 Å². The van der Waals surface area contributed by atoms with E-state index in [1.54, 1.807) is 0 Å². The smallest absolute Gasteiger partial charge is 0.323 e. The molecule has 1 aliphatic rings. The van der Waals surface area contributed by atoms with Crippen LogP contribution >= 0.6 is 0 Å². The summed E-state index contributed by atoms with van der Waals surface area (Å²) in [4.78, 5) is 13.6. The fourth-order valence-corrected chi connectivity index (χ4v) is 2.11. The van der Waals surface area contributed by atoms with E-state index in [4.69, 9.17) is 10.5 Å². The standard InChI is InChI=1S/C10H20N2O2/c1-8(5-6-11)12-7-3-4-9(12)10(13)14-2/h8-9H,3-7,11H2,1-2H3. The molecular formula is C10H20N2O2. The summed E-state index contributed by atoms with van der Waals surface area (Å²) in [5.41, 5.74) is 5.51. The Bertz CT molecular complexity index is 197. The number of hydrogen-bond acceptors (Lipinski definition) is 4. The lowest BCUT2D eigenvalue weighted by Crippen LogP contribution is -2.43. The van der Waals surface area contributed by atoms with Crippen LogP contribution in [0.15, 0.2) is 0 Å². The monoisotopic (exact) mass is 200 g/mol. The highest BCUT2D eigenvalue weighted by molar-refractivity contribution is 5.76. The third-order valence-electron chi connectivity index (χ3n) is 2.92. The van der Waals surface area contributed by atoms with E-state index in [1.165, 1.54) is 7.11 Å². The molecule has 2 N–H and O–H groups in total. The summed E-state index contributed by atoms with van der Waals surface area (Å²) in [6.07, 6.45) is 2.93. The lowest BCUT2D eigenvalue weighted by Gasteiger charge is -2.28. The molecule has 1 aliphatic heterocycles. The fourth-order valence-electron chi connectivity index (χ4n) is 2.11. The maximum atomic E-state index is 11.4. The van der Waals surface area contributed by atoms with Gasteiger partial charge in [0.15, 0.2) is 0 Å². The molecule has 1 fully saturated rings. The second-order valence-corrected chi connectivity index (χ2v) is 3.85. The van der Waals surface area contributed by atoms with Crippen LogP contribution < -0.4 is 5.73 Å². The van der Waals surface area contributed by atoms with Crippen molar-refractivity contribution in [1.29, 1.82) is 0 Å². The Balaban J connectivity index is 2.54. The minimum absolute atomic E-state index is 0.0402. The van der Waals surface area contributed by atoms with Crippen LogP contribution in [0.25, 0.3) is 0 Å². The van der Waals surface area contributed by atoms with Crippen molar-refractivity contribution in [3.8, 4) is 0 Å². The van der Waals surface area contributed by atoms with Gasteiger partial charge >= 0.3 is 5.97 Å². The van der Waals surface area contributed by atoms with Gasteiger partial charge in [-0.1, -0.05) is 0 Å². The molecule has 0 saturated carbocycles. The molecule has 2 atom stereocenters. The van der Waals surface area contributed by atoms with Gasteiger partial charge in [0, 0.05) is 6.04 Å². The van der Waals surface area contributed by atoms with Gasteiger partial charge in [0.05, 0.1) is 7.11 Å². The van der Waals surface area contributed by atoms with Crippen molar-refractivity contribution < 1.29 is 9.53 Å². The van der Waals surface area contributed by atoms with E-state index in [0.29, 0.717) is 12.6 Å². The first-order valence-corrected chi connectivity index (χ1v) is 5.24. The van der Waals surface area contributed by atoms with Gasteiger partial charge in [-0.2, -0.15) is 0 Å². The fraction of sp³-hybridized carbons (Fsp3) is 0.900. The first-order valence-electron chi connectivity index (χ1n) is 5.24. The molecule has 1 heterocycles. The normalized spacial score (nSPS) is 24.9. The van der Waals surface area contributed by atoms with Crippen LogP contribution in [0.5, 0.6) is 0 Å². The first kappa shape index (κ1) is 11.5. The predicted octanol–water partition coefficient (Wildman–Crippen LogP) is 0.361. The van der Waals surface area contributed by atoms with Crippen molar-refractivity contribution in [2.75, 3.05) is 20.2 Å². The highest BCUT2D eigenvalue weighted by Gasteiger charge is 2.33. The summed E-state index contributed by atoms with van der Waals surface area (Å²) in [6, 6.07) is 0.341. The Morgan fingerprint density at radius 1 is 1.71 bits per heavy atom. The van der Waals surface area contributed by atoms with Gasteiger partial charge < -0.3 is 10.5 Å². The zero-order valence-corrected chi connectivity index (χ0v) is 9.03. The number of nitrogens with zero attached hydrogens (tertiary/aromatic N) is 1. The molecule has 14 heavy (non-hydrogen) atoms. The number of rotatable bonds is 4. The molecule has 0 aliphatic carbocycles. The van der Waals surface area contributed by atoms with E-state index >= 15 is 0 Å². The molecular weight excluding hydrogens is 180 g/mol. The molecule has 4 nitrogen and oxygen atoms in total. The predicted molar refractivity (Wildman–Crippen MR) is 54.9 cm³/mol. The number of ether oxygens (including phenoxy) is 1. The van der Waals surface area contributed by atoms with Gasteiger partial charge in [0.25, 0.3) is 0 Å². The van der Waals surface area contributed by atoms with Crippen molar-refractivity contribution in [3.63, 3.8) is 0 Å². The van der Waals surface area contributed by atoms with Crippen LogP contribution in [0.1, 0.15) is 26.2 Å². The molecule has 0 radical (unpaired) electrons. The third-order valence-corrected chi connectivity index (χ3v) is 2.92. The highest BCUT2D eigenvalue weighted by atomic mass is 16.5. The van der Waals surface area contributed by atoms with Crippen molar-refractivity contribution in [2.24, 2.45) is 5.73 Å². The van der Waals surface area contributed by atoms with Crippen LogP contribution in [-0.4, -0.2) is 43.2 Å². The number of methoxy groups -OCH3 is 1. The zero-order valence-electron chi connectivity index (χ0n) is 9.03. The molecule has 0 aromatic carbocycles. The van der Waals surface area contributed by atoms with E-state index in [9.17, 15) is 4.79 Å². The Morgan fingerprint density at radius 3 is 3.00 bits per heavy atom. The van der Waals surface area contributed by atoms with E-state index in [0.717, 1.165) is 25.8 Å². The minimum Gasteiger partial charge on any atom is -0.468 e.